The fourth-order valence-corrected chi connectivity index (χ4v) is 7.83. The molecule has 0 radical (unpaired) electrons. The number of aliphatic hydroxyl groups excluding tert-OH is 1. The Morgan fingerprint density at radius 2 is 0.895 bits per heavy atom. The van der Waals surface area contributed by atoms with Crippen LogP contribution in [0.3, 0.4) is 0 Å². The fraction of sp³-hybridized carbons (Fsp3) is 0.273. The van der Waals surface area contributed by atoms with E-state index in [2.05, 4.69) is 91.2 Å². The van der Waals surface area contributed by atoms with Gasteiger partial charge in [0.05, 0.1) is 31.1 Å². The van der Waals surface area contributed by atoms with Crippen molar-refractivity contribution in [2.24, 2.45) is 0 Å². The Labute approximate surface area is 651 Å². The van der Waals surface area contributed by atoms with Crippen molar-refractivity contribution in [2.75, 3.05) is 46.0 Å². The number of benzene rings is 8. The number of hydrogen-bond donors (Lipinski definition) is 6. The van der Waals surface area contributed by atoms with Gasteiger partial charge in [0, 0.05) is 14.9 Å². The van der Waals surface area contributed by atoms with Crippen LogP contribution in [0.15, 0.2) is 146 Å². The minimum Gasteiger partial charge on any atom is 1.00 e. The summed E-state index contributed by atoms with van der Waals surface area (Å²) in [4.78, 5) is 0. The molecule has 4 atom stereocenters. The van der Waals surface area contributed by atoms with Crippen molar-refractivity contribution < 1.29 is 194 Å². The van der Waals surface area contributed by atoms with Crippen molar-refractivity contribution in [1.29, 1.82) is 1.34 Å². The van der Waals surface area contributed by atoms with Gasteiger partial charge in [-0.15, -0.1) is 0 Å². The summed E-state index contributed by atoms with van der Waals surface area (Å²) >= 11 is 0. The summed E-state index contributed by atoms with van der Waals surface area (Å²) in [6.07, 6.45) is 2.06. The maximum absolute atomic E-state index is 13.4. The first kappa shape index (κ1) is 95.2. The summed E-state index contributed by atoms with van der Waals surface area (Å²) in [6, 6.07) is 47.5. The van der Waals surface area contributed by atoms with Crippen LogP contribution in [0.4, 0.5) is 43.9 Å². The molecule has 0 amide bonds. The van der Waals surface area contributed by atoms with E-state index in [0.29, 0.717) is 43.2 Å². The number of phenols is 1. The number of aryl methyl sites for hydroxylation is 1. The number of aliphatic hydroxyl groups is 1. The quantitative estimate of drug-likeness (QED) is 0.0120. The number of methoxy groups -OCH3 is 1. The van der Waals surface area contributed by atoms with Gasteiger partial charge in [-0.2, -0.15) is 8.42 Å². The maximum Gasteiger partial charge on any atom is 1.00 e. The van der Waals surface area contributed by atoms with E-state index in [-0.39, 0.29) is 90.4 Å². The van der Waals surface area contributed by atoms with Gasteiger partial charge >= 0.3 is 94.7 Å². The van der Waals surface area contributed by atoms with Crippen molar-refractivity contribution >= 4 is 60.7 Å². The third kappa shape index (κ3) is 29.6. The molecule has 0 fully saturated rings. The number of halogens is 10. The molecule has 2 heterocycles. The van der Waals surface area contributed by atoms with Crippen LogP contribution in [0.1, 0.15) is 69.1 Å². The molecular weight excluding hydrogens is 1550 g/mol. The molecule has 10 rings (SSSR count). The normalized spacial score (nSPS) is 14.5. The second-order valence-corrected chi connectivity index (χ2v) is 36.0. The zero-order valence-electron chi connectivity index (χ0n) is 58.7. The van der Waals surface area contributed by atoms with Crippen LogP contribution in [0.5, 0.6) is 40.2 Å². The zero-order valence-corrected chi connectivity index (χ0v) is 66.6. The Kier molecular flexibility index (Phi) is 38.8. The Bertz CT molecular complexity index is 4410. The predicted molar refractivity (Wildman–Crippen MR) is 371 cm³/mol. The van der Waals surface area contributed by atoms with Gasteiger partial charge in [0.1, 0.15) is 37.1 Å². The van der Waals surface area contributed by atoms with Gasteiger partial charge in [-0.3, -0.25) is 17.9 Å². The van der Waals surface area contributed by atoms with E-state index in [4.69, 9.17) is 58.2 Å². The maximum atomic E-state index is 13.4. The minimum absolute atomic E-state index is 0. The van der Waals surface area contributed by atoms with Gasteiger partial charge in [0.15, 0.2) is 90.9 Å². The summed E-state index contributed by atoms with van der Waals surface area (Å²) in [5.74, 6) is -20.3. The Balaban J connectivity index is 0.000000634. The molecule has 105 heavy (non-hydrogen) atoms. The first-order valence-corrected chi connectivity index (χ1v) is 39.9. The van der Waals surface area contributed by atoms with Gasteiger partial charge in [0.25, 0.3) is 0 Å². The third-order valence-corrected chi connectivity index (χ3v) is 21.6. The van der Waals surface area contributed by atoms with Crippen molar-refractivity contribution in [3.63, 3.8) is 0 Å². The van der Waals surface area contributed by atoms with Crippen LogP contribution in [-0.4, -0.2) is 129 Å². The third-order valence-electron chi connectivity index (χ3n) is 14.0. The summed E-state index contributed by atoms with van der Waals surface area (Å²) in [7, 11) is -16.5. The number of ether oxygens (including phenoxy) is 6. The van der Waals surface area contributed by atoms with Crippen molar-refractivity contribution in [1.82, 2.24) is 0 Å². The molecule has 0 aromatic heterocycles. The molecule has 2 aliphatic heterocycles. The van der Waals surface area contributed by atoms with E-state index >= 15 is 0 Å². The van der Waals surface area contributed by atoms with E-state index in [0.717, 1.165) is 52.2 Å². The monoisotopic (exact) mass is 1620 g/mol. The zero-order chi connectivity index (χ0) is 78.9. The molecule has 2 aliphatic rings. The molecule has 20 nitrogen and oxygen atoms in total. The van der Waals surface area contributed by atoms with Crippen LogP contribution in [0, 0.1) is 65.1 Å². The predicted octanol–water partition coefficient (Wildman–Crippen LogP) is 8.46. The van der Waals surface area contributed by atoms with Crippen LogP contribution < -0.4 is 87.5 Å². The number of hydrogen-bond acceptors (Lipinski definition) is 16. The largest absolute Gasteiger partial charge is 1.00 e. The SMILES string of the molecule is CCC(C)c1ccc(O)cc1.CCC(C)c1ccc(OC)cc1.CS(=O)(O)(O)S(=O)(=O)O.CS(=O)([O-])(O)S(=O)(=O)[O-].Cc1ccc(-c2ccc(OCC3COc4ccccc4O3)cc2)cc1.Fc1c(F)c(F)c(-c2c(F)c(F)c(F)c(F)c2F)c(F)c1F.OCC1COc2ccccc2O1.[2H]B=S=[P-].[Na+].[Na+]. The number of rotatable bonds is 13. The molecule has 8 aromatic rings. The number of aromatic hydroxyl groups is 1. The van der Waals surface area contributed by atoms with Crippen LogP contribution >= 0.6 is 8.02 Å². The molecule has 0 aliphatic carbocycles. The van der Waals surface area contributed by atoms with Gasteiger partial charge in [-0.05, 0) is 115 Å². The topological polar surface area (TPSA) is 325 Å². The summed E-state index contributed by atoms with van der Waals surface area (Å²) in [5.41, 5.74) is 1.81. The van der Waals surface area contributed by atoms with Gasteiger partial charge in [-0.1, -0.05) is 118 Å². The Hall–Kier alpha value is -5.84. The first-order chi connectivity index (χ1) is 48.2. The molecule has 0 saturated heterocycles. The molecule has 8 aromatic carbocycles. The summed E-state index contributed by atoms with van der Waals surface area (Å²) in [5, 5.41) is 17.8. The van der Waals surface area contributed by atoms with Gasteiger partial charge in [-0.25, -0.2) is 56.5 Å². The van der Waals surface area contributed by atoms with Crippen molar-refractivity contribution in [3.05, 3.63) is 220 Å². The average molecular weight is 1620 g/mol. The number of phenolic OH excluding ortho intramolecular Hbond substituents is 1. The van der Waals surface area contributed by atoms with Crippen molar-refractivity contribution in [2.45, 2.75) is 71.5 Å². The van der Waals surface area contributed by atoms with Crippen LogP contribution in [0.25, 0.3) is 22.3 Å². The smallest absolute Gasteiger partial charge is 1.00 e. The van der Waals surface area contributed by atoms with Crippen LogP contribution in [-0.2, 0) is 46.0 Å². The summed E-state index contributed by atoms with van der Waals surface area (Å²) in [6.45, 7) is 13.4. The Morgan fingerprint density at radius 3 is 1.21 bits per heavy atom. The molecule has 6 N–H and O–H groups in total. The van der Waals surface area contributed by atoms with E-state index in [1.54, 1.807) is 19.2 Å². The molecule has 39 heteroatoms. The first-order valence-electron chi connectivity index (χ1n) is 30.1. The standard InChI is InChI=1S/C22H20O3.C12F10.C11H16O.C10H14O.C9H10O3.2CH6O6S2.BHPS.2Na/c1-16-6-8-17(9-7-16)18-10-12-19(13-11-18)23-14-20-15-24-21-4-2-3-5-22(21)25-20;13-3-1(4(14)8(18)11(21)7(3)17)2-5(15)9(19)12(22)10(20)6(2)16;1-4-9(2)10-5-7-11(12-3)8-6-10;1-3-8(2)9-4-6-10(11)7-5-9;10-5-7-6-11-8-3-1-2-4-9(8)12-7;2*1-9(5,6,7)8(2,3)4;1-3-2;;/h2-13,20H,14-15H2,1H3;;5-9H,4H2,1-3H3;4-8,11H,3H2,1-2H3;1-4,7,10H,5-6H2;2*1H3,(H,2,3,4)(H2,5,6,7);1H;;/q;;;;;;;-1;2*+1/p-2/i;;;;;;;1D;;. The Morgan fingerprint density at radius 1 is 0.590 bits per heavy atom. The van der Waals surface area contributed by atoms with E-state index in [1.807, 2.05) is 84.9 Å². The molecule has 0 spiro atoms. The summed E-state index contributed by atoms with van der Waals surface area (Å²) < 4.78 is 281. The molecule has 0 bridgehead atoms. The van der Waals surface area contributed by atoms with E-state index in [9.17, 15) is 78.3 Å². The van der Waals surface area contributed by atoms with Gasteiger partial charge < -0.3 is 52.3 Å². The molecule has 4 unspecified atom stereocenters. The second kappa shape index (κ2) is 42.8. The van der Waals surface area contributed by atoms with Crippen LogP contribution in [0.2, 0.25) is 0 Å². The minimum atomic E-state index is -6.17. The van der Waals surface area contributed by atoms with E-state index < -0.39 is 105 Å². The van der Waals surface area contributed by atoms with Crippen molar-refractivity contribution in [3.8, 4) is 62.5 Å². The number of fused-ring (bicyclic) bond motifs is 2. The van der Waals surface area contributed by atoms with Gasteiger partial charge in [0.2, 0.25) is 20.3 Å². The second-order valence-electron chi connectivity index (χ2n) is 22.0. The van der Waals surface area contributed by atoms with E-state index in [1.165, 1.54) is 34.2 Å². The number of para-hydroxylation sites is 4. The molecule has 0 saturated carbocycles. The fourth-order valence-electron chi connectivity index (χ4n) is 7.83. The average Bonchev–Trinajstić information content (AvgIpc) is 0.749. The molecule has 566 valence electrons. The molecular formula is C66H71BF10Na2O20PS5-.